The molecule has 0 spiro atoms. The third kappa shape index (κ3) is 2.45. The summed E-state index contributed by atoms with van der Waals surface area (Å²) in [6.07, 6.45) is 4.95. The molecule has 3 N–H and O–H groups in total. The topological polar surface area (TPSA) is 67.6 Å². The summed E-state index contributed by atoms with van der Waals surface area (Å²) < 4.78 is 5.37. The monoisotopic (exact) mass is 261 g/mol. The van der Waals surface area contributed by atoms with Gasteiger partial charge in [0.15, 0.2) is 6.61 Å². The van der Waals surface area contributed by atoms with Gasteiger partial charge in [0.2, 0.25) is 0 Å². The van der Waals surface area contributed by atoms with Gasteiger partial charge in [-0.3, -0.25) is 4.79 Å². The summed E-state index contributed by atoms with van der Waals surface area (Å²) in [5, 5.41) is 2.84. The van der Waals surface area contributed by atoms with E-state index in [0.29, 0.717) is 5.75 Å². The van der Waals surface area contributed by atoms with Crippen LogP contribution in [0.3, 0.4) is 0 Å². The van der Waals surface area contributed by atoms with Crippen LogP contribution in [0.15, 0.2) is 12.1 Å². The molecule has 1 aromatic carbocycles. The highest BCUT2D eigenvalue weighted by Gasteiger charge is 2.20. The Bertz CT molecular complexity index is 494. The van der Waals surface area contributed by atoms with Gasteiger partial charge in [0.25, 0.3) is 5.91 Å². The van der Waals surface area contributed by atoms with Gasteiger partial charge in [0.05, 0.1) is 17.1 Å². The summed E-state index contributed by atoms with van der Waals surface area (Å²) in [7, 11) is 0. The van der Waals surface area contributed by atoms with Crippen LogP contribution in [0.2, 0.25) is 0 Å². The molecule has 19 heavy (non-hydrogen) atoms. The minimum absolute atomic E-state index is 0.0650. The van der Waals surface area contributed by atoms with Gasteiger partial charge in [0, 0.05) is 19.2 Å². The first-order chi connectivity index (χ1) is 9.24. The Kier molecular flexibility index (Phi) is 3.19. The van der Waals surface area contributed by atoms with Crippen molar-refractivity contribution < 1.29 is 9.53 Å². The number of nitrogens with two attached hydrogens (primary N) is 1. The maximum atomic E-state index is 11.4. The van der Waals surface area contributed by atoms with Crippen molar-refractivity contribution in [3.63, 3.8) is 0 Å². The van der Waals surface area contributed by atoms with E-state index in [4.69, 9.17) is 10.5 Å². The number of benzene rings is 1. The summed E-state index contributed by atoms with van der Waals surface area (Å²) in [6.45, 7) is 2.12. The molecule has 1 aromatic rings. The van der Waals surface area contributed by atoms with E-state index >= 15 is 0 Å². The summed E-state index contributed by atoms with van der Waals surface area (Å²) in [4.78, 5) is 13.7. The van der Waals surface area contributed by atoms with Crippen molar-refractivity contribution in [2.24, 2.45) is 0 Å². The first-order valence-corrected chi connectivity index (χ1v) is 6.85. The van der Waals surface area contributed by atoms with E-state index in [9.17, 15) is 4.79 Å². The number of carbonyl (C=O) groups is 1. The van der Waals surface area contributed by atoms with Crippen LogP contribution in [0.4, 0.5) is 17.1 Å². The molecule has 5 nitrogen and oxygen atoms in total. The number of anilines is 3. The molecule has 0 aromatic heterocycles. The Morgan fingerprint density at radius 2 is 1.89 bits per heavy atom. The molecule has 0 saturated carbocycles. The van der Waals surface area contributed by atoms with Gasteiger partial charge in [-0.2, -0.15) is 0 Å². The second-order valence-corrected chi connectivity index (χ2v) is 5.15. The number of rotatable bonds is 1. The van der Waals surface area contributed by atoms with Crippen LogP contribution in [0.25, 0.3) is 0 Å². The first kappa shape index (κ1) is 12.1. The van der Waals surface area contributed by atoms with Gasteiger partial charge in [0.1, 0.15) is 5.75 Å². The summed E-state index contributed by atoms with van der Waals surface area (Å²) in [6, 6.07) is 3.75. The summed E-state index contributed by atoms with van der Waals surface area (Å²) in [5.41, 5.74) is 8.58. The molecule has 0 radical (unpaired) electrons. The fourth-order valence-corrected chi connectivity index (χ4v) is 2.72. The van der Waals surface area contributed by atoms with Crippen molar-refractivity contribution in [3.8, 4) is 5.75 Å². The fraction of sp³-hybridized carbons (Fsp3) is 0.500. The number of hydrogen-bond donors (Lipinski definition) is 2. The molecule has 0 bridgehead atoms. The average molecular weight is 261 g/mol. The predicted molar refractivity (Wildman–Crippen MR) is 75.7 cm³/mol. The van der Waals surface area contributed by atoms with Crippen LogP contribution in [0.1, 0.15) is 25.7 Å². The lowest BCUT2D eigenvalue weighted by molar-refractivity contribution is -0.118. The van der Waals surface area contributed by atoms with Crippen LogP contribution >= 0.6 is 0 Å². The SMILES string of the molecule is Nc1cc2c(cc1N1CCCCCC1)NC(=O)CO2. The Morgan fingerprint density at radius 3 is 2.63 bits per heavy atom. The van der Waals surface area contributed by atoms with Gasteiger partial charge in [-0.05, 0) is 18.9 Å². The van der Waals surface area contributed by atoms with Gasteiger partial charge < -0.3 is 20.7 Å². The zero-order valence-corrected chi connectivity index (χ0v) is 10.9. The largest absolute Gasteiger partial charge is 0.482 e. The summed E-state index contributed by atoms with van der Waals surface area (Å²) >= 11 is 0. The van der Waals surface area contributed by atoms with E-state index in [2.05, 4.69) is 10.2 Å². The lowest BCUT2D eigenvalue weighted by Gasteiger charge is -2.27. The number of amides is 1. The van der Waals surface area contributed by atoms with Crippen LogP contribution in [0, 0.1) is 0 Å². The number of hydrogen-bond acceptors (Lipinski definition) is 4. The minimum atomic E-state index is -0.112. The molecule has 0 aliphatic carbocycles. The Hall–Kier alpha value is -1.91. The average Bonchev–Trinajstić information content (AvgIpc) is 2.67. The maximum absolute atomic E-state index is 11.4. The van der Waals surface area contributed by atoms with Crippen molar-refractivity contribution in [2.45, 2.75) is 25.7 Å². The number of nitrogens with zero attached hydrogens (tertiary/aromatic N) is 1. The second kappa shape index (κ2) is 4.99. The minimum Gasteiger partial charge on any atom is -0.482 e. The molecule has 0 atom stereocenters. The molecule has 1 fully saturated rings. The van der Waals surface area contributed by atoms with Crippen molar-refractivity contribution in [3.05, 3.63) is 12.1 Å². The highest BCUT2D eigenvalue weighted by molar-refractivity contribution is 5.97. The van der Waals surface area contributed by atoms with Gasteiger partial charge in [-0.15, -0.1) is 0 Å². The van der Waals surface area contributed by atoms with Crippen LogP contribution in [0.5, 0.6) is 5.75 Å². The summed E-state index contributed by atoms with van der Waals surface area (Å²) in [5.74, 6) is 0.551. The van der Waals surface area contributed by atoms with Gasteiger partial charge in [-0.25, -0.2) is 0 Å². The Labute approximate surface area is 112 Å². The lowest BCUT2D eigenvalue weighted by Crippen LogP contribution is -2.28. The highest BCUT2D eigenvalue weighted by Crippen LogP contribution is 2.37. The molecule has 5 heteroatoms. The van der Waals surface area contributed by atoms with Crippen molar-refractivity contribution in [1.29, 1.82) is 0 Å². The van der Waals surface area contributed by atoms with Crippen LogP contribution in [-0.2, 0) is 4.79 Å². The molecular formula is C14H19N3O2. The second-order valence-electron chi connectivity index (χ2n) is 5.15. The molecule has 2 aliphatic heterocycles. The molecule has 2 heterocycles. The smallest absolute Gasteiger partial charge is 0.262 e. The van der Waals surface area contributed by atoms with E-state index in [0.717, 1.165) is 30.2 Å². The number of nitrogen functional groups attached to an aromatic ring is 1. The van der Waals surface area contributed by atoms with Gasteiger partial charge in [-0.1, -0.05) is 12.8 Å². The normalized spacial score (nSPS) is 19.2. The van der Waals surface area contributed by atoms with Gasteiger partial charge >= 0.3 is 0 Å². The van der Waals surface area contributed by atoms with E-state index in [1.807, 2.05) is 12.1 Å². The lowest BCUT2D eigenvalue weighted by atomic mass is 10.1. The van der Waals surface area contributed by atoms with E-state index in [1.54, 1.807) is 0 Å². The number of ether oxygens (including phenoxy) is 1. The number of nitrogens with one attached hydrogen (secondary N) is 1. The fourth-order valence-electron chi connectivity index (χ4n) is 2.72. The third-order valence-corrected chi connectivity index (χ3v) is 3.71. The molecule has 0 unspecified atom stereocenters. The highest BCUT2D eigenvalue weighted by atomic mass is 16.5. The molecule has 1 saturated heterocycles. The molecule has 2 aliphatic rings. The van der Waals surface area contributed by atoms with Crippen molar-refractivity contribution in [1.82, 2.24) is 0 Å². The molecule has 1 amide bonds. The van der Waals surface area contributed by atoms with E-state index < -0.39 is 0 Å². The molecule has 3 rings (SSSR count). The van der Waals surface area contributed by atoms with Crippen molar-refractivity contribution >= 4 is 23.0 Å². The predicted octanol–water partition coefficient (Wildman–Crippen LogP) is 1.98. The third-order valence-electron chi connectivity index (χ3n) is 3.71. The van der Waals surface area contributed by atoms with Crippen molar-refractivity contribution in [2.75, 3.05) is 35.6 Å². The number of fused-ring (bicyclic) bond motifs is 1. The zero-order chi connectivity index (χ0) is 13.2. The van der Waals surface area contributed by atoms with E-state index in [1.165, 1.54) is 25.7 Å². The van der Waals surface area contributed by atoms with Crippen LogP contribution in [-0.4, -0.2) is 25.6 Å². The van der Waals surface area contributed by atoms with E-state index in [-0.39, 0.29) is 12.5 Å². The van der Waals surface area contributed by atoms with Crippen LogP contribution < -0.4 is 20.7 Å². The number of carbonyl (C=O) groups excluding carboxylic acids is 1. The standard InChI is InChI=1S/C14H19N3O2/c15-10-7-13-11(16-14(18)9-19-13)8-12(10)17-5-3-1-2-4-6-17/h7-8H,1-6,9,15H2,(H,16,18). The first-order valence-electron chi connectivity index (χ1n) is 6.85. The molecular weight excluding hydrogens is 242 g/mol. The quantitative estimate of drug-likeness (QED) is 0.759. The maximum Gasteiger partial charge on any atom is 0.262 e. The Morgan fingerprint density at radius 1 is 1.16 bits per heavy atom. The molecule has 102 valence electrons. The Balaban J connectivity index is 1.92. The zero-order valence-electron chi connectivity index (χ0n) is 10.9.